The monoisotopic (exact) mass is 248 g/mol. The van der Waals surface area contributed by atoms with Crippen molar-refractivity contribution < 1.29 is 9.53 Å². The molecule has 0 unspecified atom stereocenters. The largest absolute Gasteiger partial charge is 0.381 e. The van der Waals surface area contributed by atoms with Gasteiger partial charge in [0, 0.05) is 25.2 Å². The van der Waals surface area contributed by atoms with E-state index in [-0.39, 0.29) is 5.78 Å². The zero-order valence-electron chi connectivity index (χ0n) is 11.6. The molecule has 2 heteroatoms. The lowest BCUT2D eigenvalue weighted by Gasteiger charge is -2.03. The van der Waals surface area contributed by atoms with E-state index in [2.05, 4.69) is 13.8 Å². The molecule has 0 amide bonds. The number of Topliss-reactive ketones (excluding diaryl/α,β-unsaturated/α-hetero) is 1. The third-order valence-electron chi connectivity index (χ3n) is 2.98. The third kappa shape index (κ3) is 5.46. The molecular formula is C16H24O2. The predicted molar refractivity (Wildman–Crippen MR) is 75.1 cm³/mol. The molecule has 1 rings (SSSR count). The van der Waals surface area contributed by atoms with Crippen LogP contribution >= 0.6 is 0 Å². The molecule has 0 fully saturated rings. The number of benzene rings is 1. The molecule has 18 heavy (non-hydrogen) atoms. The Hall–Kier alpha value is -1.15. The fourth-order valence-electron chi connectivity index (χ4n) is 1.81. The zero-order chi connectivity index (χ0) is 13.2. The molecule has 0 spiro atoms. The van der Waals surface area contributed by atoms with Crippen LogP contribution in [0.4, 0.5) is 0 Å². The Morgan fingerprint density at radius 3 is 2.39 bits per heavy atom. The Balaban J connectivity index is 2.23. The van der Waals surface area contributed by atoms with Gasteiger partial charge < -0.3 is 4.74 Å². The molecular weight excluding hydrogens is 224 g/mol. The van der Waals surface area contributed by atoms with E-state index in [1.165, 1.54) is 5.56 Å². The second-order valence-corrected chi connectivity index (χ2v) is 4.54. The van der Waals surface area contributed by atoms with Crippen molar-refractivity contribution in [2.45, 2.75) is 46.0 Å². The molecule has 0 N–H and O–H groups in total. The summed E-state index contributed by atoms with van der Waals surface area (Å²) in [6.07, 6.45) is 4.59. The minimum absolute atomic E-state index is 0.244. The standard InChI is InChI=1S/C16H24O2/c1-3-12-18-13-6-5-7-16(17)15-10-8-14(4-2)9-11-15/h8-11H,3-7,12-13H2,1-2H3. The molecule has 0 saturated heterocycles. The average Bonchev–Trinajstić information content (AvgIpc) is 2.42. The number of unbranched alkanes of at least 4 members (excludes halogenated alkanes) is 1. The van der Waals surface area contributed by atoms with E-state index in [0.717, 1.165) is 44.5 Å². The number of aryl methyl sites for hydroxylation is 1. The first-order valence-corrected chi connectivity index (χ1v) is 6.97. The lowest BCUT2D eigenvalue weighted by atomic mass is 10.0. The maximum absolute atomic E-state index is 11.9. The number of hydrogen-bond acceptors (Lipinski definition) is 2. The first-order valence-electron chi connectivity index (χ1n) is 6.97. The molecule has 0 saturated carbocycles. The summed E-state index contributed by atoms with van der Waals surface area (Å²) in [4.78, 5) is 11.9. The molecule has 0 aliphatic carbocycles. The van der Waals surface area contributed by atoms with Crippen LogP contribution in [-0.4, -0.2) is 19.0 Å². The van der Waals surface area contributed by atoms with Gasteiger partial charge in [0.1, 0.15) is 0 Å². The van der Waals surface area contributed by atoms with Crippen LogP contribution in [0.5, 0.6) is 0 Å². The highest BCUT2D eigenvalue weighted by Gasteiger charge is 2.05. The second kappa shape index (κ2) is 8.87. The molecule has 0 atom stereocenters. The molecule has 100 valence electrons. The number of hydrogen-bond donors (Lipinski definition) is 0. The van der Waals surface area contributed by atoms with Crippen molar-refractivity contribution in [1.29, 1.82) is 0 Å². The maximum atomic E-state index is 11.9. The van der Waals surface area contributed by atoms with Gasteiger partial charge in [-0.05, 0) is 31.2 Å². The van der Waals surface area contributed by atoms with Crippen molar-refractivity contribution in [2.75, 3.05) is 13.2 Å². The average molecular weight is 248 g/mol. The van der Waals surface area contributed by atoms with Crippen LogP contribution in [0.15, 0.2) is 24.3 Å². The summed E-state index contributed by atoms with van der Waals surface area (Å²) in [6.45, 7) is 5.82. The van der Waals surface area contributed by atoms with Gasteiger partial charge in [0.05, 0.1) is 0 Å². The van der Waals surface area contributed by atoms with E-state index in [1.807, 2.05) is 24.3 Å². The summed E-state index contributed by atoms with van der Waals surface area (Å²) in [7, 11) is 0. The normalized spacial score (nSPS) is 10.6. The number of carbonyl (C=O) groups excluding carboxylic acids is 1. The van der Waals surface area contributed by atoms with Crippen LogP contribution in [0.2, 0.25) is 0 Å². The van der Waals surface area contributed by atoms with Gasteiger partial charge in [-0.15, -0.1) is 0 Å². The summed E-state index contributed by atoms with van der Waals surface area (Å²) in [5.74, 6) is 0.244. The predicted octanol–water partition coefficient (Wildman–Crippen LogP) is 4.03. The van der Waals surface area contributed by atoms with E-state index in [1.54, 1.807) is 0 Å². The van der Waals surface area contributed by atoms with Gasteiger partial charge in [0.2, 0.25) is 0 Å². The van der Waals surface area contributed by atoms with Crippen molar-refractivity contribution in [3.05, 3.63) is 35.4 Å². The SMILES string of the molecule is CCCOCCCCC(=O)c1ccc(CC)cc1. The fourth-order valence-corrected chi connectivity index (χ4v) is 1.81. The molecule has 1 aromatic rings. The quantitative estimate of drug-likeness (QED) is 0.487. The Morgan fingerprint density at radius 1 is 1.06 bits per heavy atom. The number of ether oxygens (including phenoxy) is 1. The van der Waals surface area contributed by atoms with Gasteiger partial charge >= 0.3 is 0 Å². The van der Waals surface area contributed by atoms with E-state index in [0.29, 0.717) is 6.42 Å². The fraction of sp³-hybridized carbons (Fsp3) is 0.562. The van der Waals surface area contributed by atoms with Crippen LogP contribution in [-0.2, 0) is 11.2 Å². The van der Waals surface area contributed by atoms with Crippen molar-refractivity contribution in [2.24, 2.45) is 0 Å². The highest BCUT2D eigenvalue weighted by molar-refractivity contribution is 5.96. The molecule has 2 nitrogen and oxygen atoms in total. The summed E-state index contributed by atoms with van der Waals surface area (Å²) in [5, 5.41) is 0. The Bertz CT molecular complexity index is 341. The first kappa shape index (κ1) is 14.9. The van der Waals surface area contributed by atoms with E-state index in [9.17, 15) is 4.79 Å². The Labute approximate surface area is 110 Å². The van der Waals surface area contributed by atoms with Crippen LogP contribution in [0.1, 0.15) is 55.5 Å². The summed E-state index contributed by atoms with van der Waals surface area (Å²) in [5.41, 5.74) is 2.11. The highest BCUT2D eigenvalue weighted by atomic mass is 16.5. The summed E-state index contributed by atoms with van der Waals surface area (Å²) in [6, 6.07) is 7.96. The molecule has 0 aromatic heterocycles. The molecule has 0 radical (unpaired) electrons. The minimum Gasteiger partial charge on any atom is -0.381 e. The first-order chi connectivity index (χ1) is 8.77. The van der Waals surface area contributed by atoms with E-state index < -0.39 is 0 Å². The highest BCUT2D eigenvalue weighted by Crippen LogP contribution is 2.09. The van der Waals surface area contributed by atoms with Crippen LogP contribution in [0.25, 0.3) is 0 Å². The van der Waals surface area contributed by atoms with Crippen molar-refractivity contribution >= 4 is 5.78 Å². The molecule has 0 heterocycles. The smallest absolute Gasteiger partial charge is 0.162 e. The zero-order valence-corrected chi connectivity index (χ0v) is 11.6. The molecule has 0 aliphatic rings. The molecule has 0 bridgehead atoms. The number of ketones is 1. The van der Waals surface area contributed by atoms with Crippen molar-refractivity contribution in [1.82, 2.24) is 0 Å². The van der Waals surface area contributed by atoms with Gasteiger partial charge in [-0.2, -0.15) is 0 Å². The molecule has 0 aliphatic heterocycles. The Morgan fingerprint density at radius 2 is 1.78 bits per heavy atom. The summed E-state index contributed by atoms with van der Waals surface area (Å²) >= 11 is 0. The van der Waals surface area contributed by atoms with Crippen molar-refractivity contribution in [3.63, 3.8) is 0 Å². The van der Waals surface area contributed by atoms with Gasteiger partial charge in [0.15, 0.2) is 5.78 Å². The second-order valence-electron chi connectivity index (χ2n) is 4.54. The van der Waals surface area contributed by atoms with Crippen molar-refractivity contribution in [3.8, 4) is 0 Å². The van der Waals surface area contributed by atoms with Gasteiger partial charge in [-0.3, -0.25) is 4.79 Å². The van der Waals surface area contributed by atoms with E-state index in [4.69, 9.17) is 4.74 Å². The maximum Gasteiger partial charge on any atom is 0.162 e. The Kier molecular flexibility index (Phi) is 7.35. The molecule has 1 aromatic carbocycles. The third-order valence-corrected chi connectivity index (χ3v) is 2.98. The van der Waals surface area contributed by atoms with Crippen LogP contribution < -0.4 is 0 Å². The lowest BCUT2D eigenvalue weighted by molar-refractivity contribution is 0.0967. The minimum atomic E-state index is 0.244. The number of rotatable bonds is 9. The summed E-state index contributed by atoms with van der Waals surface area (Å²) < 4.78 is 5.39. The van der Waals surface area contributed by atoms with Gasteiger partial charge in [0.25, 0.3) is 0 Å². The topological polar surface area (TPSA) is 26.3 Å². The van der Waals surface area contributed by atoms with Crippen LogP contribution in [0.3, 0.4) is 0 Å². The van der Waals surface area contributed by atoms with Crippen LogP contribution in [0, 0.1) is 0 Å². The van der Waals surface area contributed by atoms with Gasteiger partial charge in [-0.25, -0.2) is 0 Å². The lowest BCUT2D eigenvalue weighted by Crippen LogP contribution is -2.01. The number of carbonyl (C=O) groups is 1. The van der Waals surface area contributed by atoms with Gasteiger partial charge in [-0.1, -0.05) is 38.1 Å². The van der Waals surface area contributed by atoms with E-state index >= 15 is 0 Å².